The summed E-state index contributed by atoms with van der Waals surface area (Å²) in [6, 6.07) is 18.7. The lowest BCUT2D eigenvalue weighted by Gasteiger charge is -2.49. The monoisotopic (exact) mass is 897 g/mol. The Balaban J connectivity index is 0.955. The zero-order valence-electron chi connectivity index (χ0n) is 39.1. The van der Waals surface area contributed by atoms with E-state index in [2.05, 4.69) is 64.2 Å². The summed E-state index contributed by atoms with van der Waals surface area (Å²) in [5.74, 6) is 9.90. The Hall–Kier alpha value is -4.66. The molecule has 3 aromatic rings. The molecule has 0 amide bonds. The zero-order valence-corrected chi connectivity index (χ0v) is 39.1. The van der Waals surface area contributed by atoms with E-state index in [0.717, 1.165) is 65.4 Å². The van der Waals surface area contributed by atoms with E-state index in [1.807, 2.05) is 31.3 Å². The van der Waals surface area contributed by atoms with Crippen LogP contribution in [0.5, 0.6) is 11.5 Å². The van der Waals surface area contributed by atoms with Gasteiger partial charge in [0, 0.05) is 43.7 Å². The molecule has 10 heteroatoms. The van der Waals surface area contributed by atoms with E-state index < -0.39 is 23.5 Å². The van der Waals surface area contributed by atoms with E-state index >= 15 is 0 Å². The number of dihydropyridines is 1. The van der Waals surface area contributed by atoms with Crippen molar-refractivity contribution in [1.82, 2.24) is 16.0 Å². The highest BCUT2D eigenvalue weighted by Gasteiger charge is 2.52. The topological polar surface area (TPSA) is 166 Å². The molecule has 1 spiro atoms. The number of carbonyl (C=O) groups is 2. The molecule has 10 nitrogen and oxygen atoms in total. The third-order valence-corrected chi connectivity index (χ3v) is 17.1. The number of aliphatic hydroxyl groups is 2. The first-order chi connectivity index (χ1) is 32.0. The van der Waals surface area contributed by atoms with Crippen LogP contribution in [0.1, 0.15) is 125 Å². The number of rotatable bonds is 13. The average molecular weight is 897 g/mol. The van der Waals surface area contributed by atoms with Crippen LogP contribution in [-0.2, 0) is 16.0 Å². The molecule has 2 heterocycles. The van der Waals surface area contributed by atoms with Crippen LogP contribution in [0.3, 0.4) is 0 Å². The number of methoxy groups -OCH3 is 1. The molecule has 0 unspecified atom stereocenters. The van der Waals surface area contributed by atoms with E-state index in [9.17, 15) is 24.9 Å². The minimum Gasteiger partial charge on any atom is -0.504 e. The molecule has 4 aliphatic carbocycles. The standard InChI is InChI=1S/C56H72N4O6/c1-58-33-36-15-19-55(32-36,44-25-43-10-13-46(62)29-49(43)60-34-44)31-35-16-20-56(53(65)23-35)21-17-38(48-30-50(63)51(66-2)26-41(48)11-14-52(56)64)9-12-45(61)28-47(42-18-22-59-54(57)27-42)40-8-7-37-5-3-4-6-39(37)24-40/h3-8,18,24,26-27,30,35-36,38,43-45,47,49,53,58-61,63,65H,9-16,19-20,22-23,25,28-29,31-34,57H2,1-2H3/t35-,36-,38-,43+,44-,45-,47-,49+,53+,55+,56+/m0/s1. The summed E-state index contributed by atoms with van der Waals surface area (Å²) >= 11 is 0. The first-order valence-corrected chi connectivity index (χ1v) is 25.1. The summed E-state index contributed by atoms with van der Waals surface area (Å²) < 4.78 is 5.55. The van der Waals surface area contributed by atoms with Gasteiger partial charge in [-0.05, 0) is 184 Å². The summed E-state index contributed by atoms with van der Waals surface area (Å²) in [4.78, 5) is 27.0. The molecule has 4 fully saturated rings. The van der Waals surface area contributed by atoms with Crippen molar-refractivity contribution >= 4 is 22.3 Å². The highest BCUT2D eigenvalue weighted by atomic mass is 16.5. The second-order valence-electron chi connectivity index (χ2n) is 21.1. The quantitative estimate of drug-likeness (QED) is 0.0847. The van der Waals surface area contributed by atoms with Crippen LogP contribution in [0.15, 0.2) is 78.1 Å². The van der Waals surface area contributed by atoms with Crippen LogP contribution in [0.25, 0.3) is 10.8 Å². The maximum atomic E-state index is 14.6. The Kier molecular flexibility index (Phi) is 14.0. The van der Waals surface area contributed by atoms with Gasteiger partial charge in [0.1, 0.15) is 11.2 Å². The number of aromatic hydroxyl groups is 1. The predicted octanol–water partition coefficient (Wildman–Crippen LogP) is 7.69. The largest absolute Gasteiger partial charge is 0.504 e. The van der Waals surface area contributed by atoms with Gasteiger partial charge < -0.3 is 41.7 Å². The van der Waals surface area contributed by atoms with Crippen LogP contribution < -0.4 is 26.4 Å². The van der Waals surface area contributed by atoms with E-state index in [0.29, 0.717) is 99.1 Å². The van der Waals surface area contributed by atoms with Crippen molar-refractivity contribution in [3.63, 3.8) is 0 Å². The van der Waals surface area contributed by atoms with Gasteiger partial charge in [0.2, 0.25) is 0 Å². The fourth-order valence-electron chi connectivity index (χ4n) is 13.6. The van der Waals surface area contributed by atoms with Gasteiger partial charge in [-0.15, -0.1) is 0 Å². The van der Waals surface area contributed by atoms with Gasteiger partial charge in [0.25, 0.3) is 0 Å². The molecule has 0 bridgehead atoms. The summed E-state index contributed by atoms with van der Waals surface area (Å²) in [5, 5.41) is 48.2. The number of benzene rings is 3. The zero-order chi connectivity index (χ0) is 46.0. The summed E-state index contributed by atoms with van der Waals surface area (Å²) in [6.07, 6.45) is 14.7. The number of ether oxygens (including phenoxy) is 1. The number of hydrogen-bond acceptors (Lipinski definition) is 10. The number of allylic oxidation sites excluding steroid dienone is 2. The van der Waals surface area contributed by atoms with Gasteiger partial charge in [-0.25, -0.2) is 0 Å². The Morgan fingerprint density at radius 2 is 1.83 bits per heavy atom. The number of carbonyl (C=O) groups excluding carboxylic acids is 2. The van der Waals surface area contributed by atoms with Crippen LogP contribution in [-0.4, -0.2) is 78.9 Å². The molecule has 9 rings (SSSR count). The molecular weight excluding hydrogens is 825 g/mol. The van der Waals surface area contributed by atoms with Crippen LogP contribution >= 0.6 is 0 Å². The summed E-state index contributed by atoms with van der Waals surface area (Å²) in [6.45, 7) is 2.58. The van der Waals surface area contributed by atoms with E-state index in [4.69, 9.17) is 10.5 Å². The van der Waals surface area contributed by atoms with E-state index in [1.54, 1.807) is 6.07 Å². The third kappa shape index (κ3) is 9.69. The number of aryl methyl sites for hydroxylation is 1. The fourth-order valence-corrected chi connectivity index (χ4v) is 13.6. The lowest BCUT2D eigenvalue weighted by Crippen LogP contribution is -2.53. The maximum absolute atomic E-state index is 14.6. The fraction of sp³-hybridized carbons (Fsp3) is 0.571. The van der Waals surface area contributed by atoms with Gasteiger partial charge in [0.05, 0.1) is 25.1 Å². The molecule has 66 heavy (non-hydrogen) atoms. The number of piperidine rings is 1. The molecule has 0 radical (unpaired) electrons. The Labute approximate surface area is 391 Å². The predicted molar refractivity (Wildman–Crippen MR) is 260 cm³/mol. The molecule has 8 N–H and O–H groups in total. The van der Waals surface area contributed by atoms with Crippen molar-refractivity contribution in [3.8, 4) is 23.3 Å². The summed E-state index contributed by atoms with van der Waals surface area (Å²) in [5.41, 5.74) is 9.19. The first kappa shape index (κ1) is 46.5. The SMILES string of the molecule is CNC[C@H]1CC[C@](C[C@H]2CC[C@]3(C#C[C@H](CC[C@H](O)C[C@H](C4=CCNC(N)=C4)c4ccc5ccccc5c4)c4cc(O)c(OC)cc4CCC3=O)[C@H](O)C2)([C@@H]2CN[C@@H]3CC(=O)CC[C@@H]3C2)C1. The van der Waals surface area contributed by atoms with Gasteiger partial charge in [-0.3, -0.25) is 9.59 Å². The maximum Gasteiger partial charge on any atom is 0.160 e. The molecule has 11 atom stereocenters. The lowest BCUT2D eigenvalue weighted by molar-refractivity contribution is -0.135. The van der Waals surface area contributed by atoms with Crippen molar-refractivity contribution in [2.75, 3.05) is 33.8 Å². The highest BCUT2D eigenvalue weighted by Crippen LogP contribution is 2.57. The molecule has 3 saturated carbocycles. The number of hydrogen-bond donors (Lipinski definition) is 7. The number of nitrogens with one attached hydrogen (secondary N) is 3. The van der Waals surface area contributed by atoms with Crippen molar-refractivity contribution in [3.05, 3.63) is 94.8 Å². The van der Waals surface area contributed by atoms with Crippen LogP contribution in [0.4, 0.5) is 0 Å². The van der Waals surface area contributed by atoms with Crippen LogP contribution in [0.2, 0.25) is 0 Å². The lowest BCUT2D eigenvalue weighted by atomic mass is 9.58. The van der Waals surface area contributed by atoms with Gasteiger partial charge in [-0.1, -0.05) is 60.4 Å². The third-order valence-electron chi connectivity index (χ3n) is 17.1. The minimum absolute atomic E-state index is 0.0144. The number of ketones is 2. The first-order valence-electron chi connectivity index (χ1n) is 25.1. The normalized spacial score (nSPS) is 32.0. The highest BCUT2D eigenvalue weighted by molar-refractivity contribution is 5.89. The second kappa shape index (κ2) is 19.9. The molecule has 1 saturated heterocycles. The molecule has 0 aromatic heterocycles. The number of fused-ring (bicyclic) bond motifs is 3. The van der Waals surface area contributed by atoms with Crippen molar-refractivity contribution < 1.29 is 29.6 Å². The van der Waals surface area contributed by atoms with E-state index in [-0.39, 0.29) is 35.2 Å². The Bertz CT molecular complexity index is 2400. The number of Topliss-reactive ketones (excluding diaryl/α,β-unsaturated/α-hetero) is 2. The number of nitrogens with two attached hydrogens (primary N) is 1. The summed E-state index contributed by atoms with van der Waals surface area (Å²) in [7, 11) is 3.58. The van der Waals surface area contributed by atoms with Crippen molar-refractivity contribution in [2.24, 2.45) is 40.2 Å². The molecule has 6 aliphatic rings. The second-order valence-corrected chi connectivity index (χ2v) is 21.1. The van der Waals surface area contributed by atoms with E-state index in [1.165, 1.54) is 32.8 Å². The Morgan fingerprint density at radius 3 is 2.64 bits per heavy atom. The van der Waals surface area contributed by atoms with Crippen molar-refractivity contribution in [2.45, 2.75) is 133 Å². The Morgan fingerprint density at radius 1 is 1.00 bits per heavy atom. The van der Waals surface area contributed by atoms with Gasteiger partial charge in [0.15, 0.2) is 17.3 Å². The van der Waals surface area contributed by atoms with Gasteiger partial charge >= 0.3 is 0 Å². The number of phenolic OH excluding ortho intramolecular Hbond substituents is 1. The smallest absolute Gasteiger partial charge is 0.160 e. The van der Waals surface area contributed by atoms with Crippen LogP contribution in [0, 0.1) is 46.3 Å². The average Bonchev–Trinajstić information content (AvgIpc) is 3.74. The number of phenols is 1. The molecule has 2 aliphatic heterocycles. The number of aliphatic hydroxyl groups excluding tert-OH is 2. The molecular formula is C56H72N4O6. The van der Waals surface area contributed by atoms with Crippen molar-refractivity contribution in [1.29, 1.82) is 0 Å². The van der Waals surface area contributed by atoms with Gasteiger partial charge in [-0.2, -0.15) is 0 Å². The minimum atomic E-state index is -1.18. The molecule has 352 valence electrons. The molecule has 3 aromatic carbocycles.